The fourth-order valence-corrected chi connectivity index (χ4v) is 4.50. The number of hydrogen-bond donors (Lipinski definition) is 1. The van der Waals surface area contributed by atoms with Gasteiger partial charge in [0.1, 0.15) is 5.82 Å². The van der Waals surface area contributed by atoms with Gasteiger partial charge < -0.3 is 5.32 Å². The molecule has 0 atom stereocenters. The van der Waals surface area contributed by atoms with Crippen LogP contribution >= 0.6 is 0 Å². The van der Waals surface area contributed by atoms with Crippen molar-refractivity contribution in [3.05, 3.63) is 71.3 Å². The number of rotatable bonds is 4. The molecule has 0 unspecified atom stereocenters. The fraction of sp³-hybridized carbons (Fsp3) is 0.238. The minimum atomic E-state index is -3.50. The third-order valence-corrected chi connectivity index (χ3v) is 6.16. The Balaban J connectivity index is 1.74. The Kier molecular flexibility index (Phi) is 4.96. The molecule has 1 amide bonds. The lowest BCUT2D eigenvalue weighted by molar-refractivity contribution is 0.102. The van der Waals surface area contributed by atoms with E-state index in [1.54, 1.807) is 35.0 Å². The van der Waals surface area contributed by atoms with E-state index in [0.717, 1.165) is 36.8 Å². The zero-order valence-electron chi connectivity index (χ0n) is 15.9. The number of anilines is 1. The summed E-state index contributed by atoms with van der Waals surface area (Å²) in [6.07, 6.45) is 4.52. The van der Waals surface area contributed by atoms with Crippen molar-refractivity contribution < 1.29 is 17.6 Å². The minimum Gasteiger partial charge on any atom is -0.319 e. The highest BCUT2D eigenvalue weighted by Crippen LogP contribution is 2.28. The standard InChI is InChI=1S/C21H20FN3O3S/c1-29(27,28)19-9-5-3-7-17(19)23-21(26)20-16-6-2-4-8-18(16)25(24-20)15-12-10-14(22)11-13-15/h3,5,7,9-13H,2,4,6,8H2,1H3,(H,23,26). The first-order valence-corrected chi connectivity index (χ1v) is 11.2. The highest BCUT2D eigenvalue weighted by molar-refractivity contribution is 7.90. The Hall–Kier alpha value is -3.00. The molecule has 1 aromatic heterocycles. The van der Waals surface area contributed by atoms with Gasteiger partial charge in [-0.2, -0.15) is 5.10 Å². The fourth-order valence-electron chi connectivity index (χ4n) is 3.65. The molecule has 0 bridgehead atoms. The molecule has 0 saturated heterocycles. The van der Waals surface area contributed by atoms with Crippen LogP contribution in [0.5, 0.6) is 0 Å². The van der Waals surface area contributed by atoms with Crippen LogP contribution in [0.4, 0.5) is 10.1 Å². The first kappa shape index (κ1) is 19.3. The monoisotopic (exact) mass is 413 g/mol. The van der Waals surface area contributed by atoms with Crippen LogP contribution < -0.4 is 5.32 Å². The minimum absolute atomic E-state index is 0.0557. The van der Waals surface area contributed by atoms with Crippen molar-refractivity contribution in [3.63, 3.8) is 0 Å². The summed E-state index contributed by atoms with van der Waals surface area (Å²) in [5.74, 6) is -0.801. The predicted octanol–water partition coefficient (Wildman–Crippen LogP) is 3.55. The SMILES string of the molecule is CS(=O)(=O)c1ccccc1NC(=O)c1nn(-c2ccc(F)cc2)c2c1CCCC2. The Morgan fingerprint density at radius 1 is 1.07 bits per heavy atom. The summed E-state index contributed by atoms with van der Waals surface area (Å²) in [6, 6.07) is 12.2. The van der Waals surface area contributed by atoms with Crippen molar-refractivity contribution in [1.82, 2.24) is 9.78 Å². The molecule has 2 aromatic carbocycles. The van der Waals surface area contributed by atoms with Crippen molar-refractivity contribution in [2.45, 2.75) is 30.6 Å². The Morgan fingerprint density at radius 2 is 1.76 bits per heavy atom. The highest BCUT2D eigenvalue weighted by atomic mass is 32.2. The molecule has 1 aliphatic carbocycles. The van der Waals surface area contributed by atoms with Crippen LogP contribution in [0, 0.1) is 5.82 Å². The third-order valence-electron chi connectivity index (χ3n) is 5.00. The molecule has 6 nitrogen and oxygen atoms in total. The zero-order valence-corrected chi connectivity index (χ0v) is 16.7. The molecule has 0 fully saturated rings. The van der Waals surface area contributed by atoms with Crippen molar-refractivity contribution >= 4 is 21.4 Å². The second kappa shape index (κ2) is 7.44. The van der Waals surface area contributed by atoms with Gasteiger partial charge in [-0.15, -0.1) is 0 Å². The molecule has 0 spiro atoms. The van der Waals surface area contributed by atoms with Crippen LogP contribution in [0.15, 0.2) is 53.4 Å². The number of sulfone groups is 1. The lowest BCUT2D eigenvalue weighted by atomic mass is 9.95. The molecular formula is C21H20FN3O3S. The van der Waals surface area contributed by atoms with E-state index in [1.807, 2.05) is 0 Å². The van der Waals surface area contributed by atoms with Crippen LogP contribution in [-0.2, 0) is 22.7 Å². The summed E-state index contributed by atoms with van der Waals surface area (Å²) >= 11 is 0. The summed E-state index contributed by atoms with van der Waals surface area (Å²) in [4.78, 5) is 13.1. The van der Waals surface area contributed by atoms with E-state index < -0.39 is 15.7 Å². The third kappa shape index (κ3) is 3.80. The summed E-state index contributed by atoms with van der Waals surface area (Å²) in [6.45, 7) is 0. The number of nitrogens with zero attached hydrogens (tertiary/aromatic N) is 2. The predicted molar refractivity (Wildman–Crippen MR) is 108 cm³/mol. The van der Waals surface area contributed by atoms with Gasteiger partial charge in [0.25, 0.3) is 5.91 Å². The molecule has 3 aromatic rings. The van der Waals surface area contributed by atoms with Crippen molar-refractivity contribution in [3.8, 4) is 5.69 Å². The molecule has 0 aliphatic heterocycles. The van der Waals surface area contributed by atoms with Crippen LogP contribution in [0.1, 0.15) is 34.6 Å². The molecule has 150 valence electrons. The number of para-hydroxylation sites is 1. The summed E-state index contributed by atoms with van der Waals surface area (Å²) < 4.78 is 39.0. The number of hydrogen-bond acceptors (Lipinski definition) is 4. The van der Waals surface area contributed by atoms with Gasteiger partial charge in [0.2, 0.25) is 0 Å². The molecule has 1 N–H and O–H groups in total. The average Bonchev–Trinajstić information content (AvgIpc) is 3.08. The Labute approximate surface area is 168 Å². The van der Waals surface area contributed by atoms with Crippen LogP contribution in [0.2, 0.25) is 0 Å². The van der Waals surface area contributed by atoms with E-state index in [9.17, 15) is 17.6 Å². The molecular weight excluding hydrogens is 393 g/mol. The van der Waals surface area contributed by atoms with E-state index in [4.69, 9.17) is 0 Å². The Morgan fingerprint density at radius 3 is 2.48 bits per heavy atom. The van der Waals surface area contributed by atoms with Gasteiger partial charge in [-0.25, -0.2) is 17.5 Å². The number of halogens is 1. The second-order valence-electron chi connectivity index (χ2n) is 7.09. The number of carbonyl (C=O) groups is 1. The lowest BCUT2D eigenvalue weighted by Gasteiger charge is -2.14. The van der Waals surface area contributed by atoms with E-state index in [1.165, 1.54) is 18.2 Å². The van der Waals surface area contributed by atoms with Crippen molar-refractivity contribution in [2.24, 2.45) is 0 Å². The van der Waals surface area contributed by atoms with Crippen LogP contribution in [0.25, 0.3) is 5.69 Å². The van der Waals surface area contributed by atoms with Gasteiger partial charge >= 0.3 is 0 Å². The van der Waals surface area contributed by atoms with Gasteiger partial charge in [-0.1, -0.05) is 12.1 Å². The number of fused-ring (bicyclic) bond motifs is 1. The van der Waals surface area contributed by atoms with Gasteiger partial charge in [-0.3, -0.25) is 4.79 Å². The largest absolute Gasteiger partial charge is 0.319 e. The number of carbonyl (C=O) groups excluding carboxylic acids is 1. The lowest BCUT2D eigenvalue weighted by Crippen LogP contribution is -2.17. The van der Waals surface area contributed by atoms with Crippen molar-refractivity contribution in [2.75, 3.05) is 11.6 Å². The van der Waals surface area contributed by atoms with Gasteiger partial charge in [0.05, 0.1) is 16.3 Å². The molecule has 0 saturated carbocycles. The molecule has 1 heterocycles. The van der Waals surface area contributed by atoms with E-state index in [2.05, 4.69) is 10.4 Å². The second-order valence-corrected chi connectivity index (χ2v) is 9.08. The van der Waals surface area contributed by atoms with Gasteiger partial charge in [-0.05, 0) is 62.1 Å². The van der Waals surface area contributed by atoms with Gasteiger partial charge in [0.15, 0.2) is 15.5 Å². The quantitative estimate of drug-likeness (QED) is 0.709. The average molecular weight is 413 g/mol. The number of benzene rings is 2. The zero-order chi connectivity index (χ0) is 20.6. The first-order valence-electron chi connectivity index (χ1n) is 9.32. The number of aromatic nitrogens is 2. The van der Waals surface area contributed by atoms with E-state index >= 15 is 0 Å². The maximum Gasteiger partial charge on any atom is 0.276 e. The summed E-state index contributed by atoms with van der Waals surface area (Å²) in [7, 11) is -3.50. The Bertz CT molecular complexity index is 1180. The molecule has 1 aliphatic rings. The van der Waals surface area contributed by atoms with E-state index in [0.29, 0.717) is 12.1 Å². The molecule has 29 heavy (non-hydrogen) atoms. The van der Waals surface area contributed by atoms with Crippen molar-refractivity contribution in [1.29, 1.82) is 0 Å². The van der Waals surface area contributed by atoms with E-state index in [-0.39, 0.29) is 22.1 Å². The highest BCUT2D eigenvalue weighted by Gasteiger charge is 2.26. The molecule has 0 radical (unpaired) electrons. The number of nitrogens with one attached hydrogen (secondary N) is 1. The smallest absolute Gasteiger partial charge is 0.276 e. The maximum absolute atomic E-state index is 13.3. The van der Waals surface area contributed by atoms with Crippen LogP contribution in [-0.4, -0.2) is 30.4 Å². The summed E-state index contributed by atoms with van der Waals surface area (Å²) in [5, 5.41) is 7.22. The van der Waals surface area contributed by atoms with Gasteiger partial charge in [0, 0.05) is 17.5 Å². The summed E-state index contributed by atoms with van der Waals surface area (Å²) in [5.41, 5.74) is 2.97. The topological polar surface area (TPSA) is 81.1 Å². The molecule has 8 heteroatoms. The maximum atomic E-state index is 13.3. The van der Waals surface area contributed by atoms with Crippen LogP contribution in [0.3, 0.4) is 0 Å². The number of amides is 1. The molecule has 4 rings (SSSR count). The normalized spacial score (nSPS) is 13.7. The first-order chi connectivity index (χ1) is 13.8.